The number of rotatable bonds is 2. The molecule has 0 radical (unpaired) electrons. The molecule has 0 aromatic heterocycles. The molecule has 0 unspecified atom stereocenters. The van der Waals surface area contributed by atoms with Crippen LogP contribution in [0.5, 0.6) is 0 Å². The van der Waals surface area contributed by atoms with Crippen molar-refractivity contribution in [1.82, 2.24) is 0 Å². The molecular weight excluding hydrogens is 396 g/mol. The highest BCUT2D eigenvalue weighted by molar-refractivity contribution is 6.19. The molecule has 0 aliphatic carbocycles. The summed E-state index contributed by atoms with van der Waals surface area (Å²) in [7, 11) is 0. The second kappa shape index (κ2) is 7.60. The van der Waals surface area contributed by atoms with Gasteiger partial charge in [0.1, 0.15) is 0 Å². The topological polar surface area (TPSA) is 0 Å². The van der Waals surface area contributed by atoms with Gasteiger partial charge in [-0.2, -0.15) is 0 Å². The first-order chi connectivity index (χ1) is 16.1. The third kappa shape index (κ3) is 3.06. The number of hydrogen-bond donors (Lipinski definition) is 0. The van der Waals surface area contributed by atoms with Crippen molar-refractivity contribution in [3.63, 3.8) is 0 Å². The Labute approximate surface area is 195 Å². The molecule has 158 valence electrons. The highest BCUT2D eigenvalue weighted by atomic mass is 14.2. The van der Waals surface area contributed by atoms with Gasteiger partial charge in [0.05, 0.1) is 0 Å². The molecule has 0 spiro atoms. The minimum Gasteiger partial charge on any atom is -0.0616 e. The summed E-state index contributed by atoms with van der Waals surface area (Å²) in [5, 5.41) is 7.89. The maximum Gasteiger partial charge on any atom is -0.00204 e. The molecule has 0 amide bonds. The maximum absolute atomic E-state index is 2.29. The van der Waals surface area contributed by atoms with Crippen molar-refractivity contribution in [2.24, 2.45) is 0 Å². The summed E-state index contributed by atoms with van der Waals surface area (Å²) < 4.78 is 0. The van der Waals surface area contributed by atoms with Gasteiger partial charge in [0.2, 0.25) is 0 Å². The Morgan fingerprint density at radius 3 is 1.52 bits per heavy atom. The molecule has 0 aliphatic rings. The van der Waals surface area contributed by atoms with Gasteiger partial charge in [0.25, 0.3) is 0 Å². The summed E-state index contributed by atoms with van der Waals surface area (Å²) in [5.74, 6) is 0. The Bertz CT molecular complexity index is 1630. The third-order valence-electron chi connectivity index (χ3n) is 7.06. The van der Waals surface area contributed by atoms with E-state index >= 15 is 0 Å². The predicted octanol–water partition coefficient (Wildman–Crippen LogP) is 9.41. The molecule has 33 heavy (non-hydrogen) atoms. The van der Waals surface area contributed by atoms with Gasteiger partial charge < -0.3 is 0 Å². The van der Waals surface area contributed by atoms with Gasteiger partial charge >= 0.3 is 0 Å². The van der Waals surface area contributed by atoms with Gasteiger partial charge in [-0.15, -0.1) is 0 Å². The third-order valence-corrected chi connectivity index (χ3v) is 7.06. The minimum absolute atomic E-state index is 1.30. The van der Waals surface area contributed by atoms with E-state index in [1.807, 2.05) is 0 Å². The molecule has 0 fully saturated rings. The van der Waals surface area contributed by atoms with Crippen molar-refractivity contribution in [2.45, 2.75) is 20.8 Å². The van der Waals surface area contributed by atoms with E-state index in [-0.39, 0.29) is 0 Å². The molecule has 0 N–H and O–H groups in total. The van der Waals surface area contributed by atoms with Crippen molar-refractivity contribution < 1.29 is 0 Å². The minimum atomic E-state index is 1.30. The van der Waals surface area contributed by atoms with Crippen LogP contribution in [-0.2, 0) is 0 Å². The van der Waals surface area contributed by atoms with E-state index in [9.17, 15) is 0 Å². The number of hydrogen-bond acceptors (Lipinski definition) is 0. The van der Waals surface area contributed by atoms with Gasteiger partial charge in [-0.25, -0.2) is 0 Å². The molecule has 0 aliphatic heterocycles. The van der Waals surface area contributed by atoms with Crippen molar-refractivity contribution >= 4 is 32.3 Å². The van der Waals surface area contributed by atoms with Crippen molar-refractivity contribution in [2.75, 3.05) is 0 Å². The Hall–Kier alpha value is -3.90. The summed E-state index contributed by atoms with van der Waals surface area (Å²) in [4.78, 5) is 0. The Balaban J connectivity index is 1.74. The average Bonchev–Trinajstić information content (AvgIpc) is 2.84. The summed E-state index contributed by atoms with van der Waals surface area (Å²) in [5.41, 5.74) is 9.20. The van der Waals surface area contributed by atoms with Crippen molar-refractivity contribution in [1.29, 1.82) is 0 Å². The van der Waals surface area contributed by atoms with Crippen molar-refractivity contribution in [3.8, 4) is 22.3 Å². The standard InChI is InChI=1S/C33H26/c1-21-18-19-24(22(2)20-21)27-14-8-16-29-28(27)15-9-17-32(29)33-30-12-6-4-10-25(30)23(3)26-11-5-7-13-31(26)33/h4-20H,1-3H3. The summed E-state index contributed by atoms with van der Waals surface area (Å²) in [6, 6.07) is 38.0. The first-order valence-corrected chi connectivity index (χ1v) is 11.6. The van der Waals surface area contributed by atoms with Crippen LogP contribution in [0.25, 0.3) is 54.6 Å². The monoisotopic (exact) mass is 422 g/mol. The summed E-state index contributed by atoms with van der Waals surface area (Å²) in [6.07, 6.45) is 0. The lowest BCUT2D eigenvalue weighted by molar-refractivity contribution is 1.39. The van der Waals surface area contributed by atoms with Crippen LogP contribution in [0.1, 0.15) is 16.7 Å². The molecule has 6 aromatic rings. The second-order valence-corrected chi connectivity index (χ2v) is 9.12. The smallest absolute Gasteiger partial charge is 0.00204 e. The largest absolute Gasteiger partial charge is 0.0616 e. The Morgan fingerprint density at radius 1 is 0.394 bits per heavy atom. The van der Waals surface area contributed by atoms with E-state index < -0.39 is 0 Å². The van der Waals surface area contributed by atoms with Gasteiger partial charge in [0, 0.05) is 0 Å². The molecule has 0 heterocycles. The zero-order valence-corrected chi connectivity index (χ0v) is 19.3. The quantitative estimate of drug-likeness (QED) is 0.244. The zero-order chi connectivity index (χ0) is 22.5. The zero-order valence-electron chi connectivity index (χ0n) is 19.3. The lowest BCUT2D eigenvalue weighted by atomic mass is 9.85. The van der Waals surface area contributed by atoms with Crippen LogP contribution >= 0.6 is 0 Å². The van der Waals surface area contributed by atoms with E-state index in [1.54, 1.807) is 0 Å². The maximum atomic E-state index is 2.29. The van der Waals surface area contributed by atoms with Crippen LogP contribution in [0.2, 0.25) is 0 Å². The molecule has 0 bridgehead atoms. The molecule has 0 saturated carbocycles. The second-order valence-electron chi connectivity index (χ2n) is 9.12. The van der Waals surface area contributed by atoms with E-state index in [1.165, 1.54) is 71.3 Å². The molecule has 6 aromatic carbocycles. The normalized spacial score (nSPS) is 11.5. The van der Waals surface area contributed by atoms with E-state index in [4.69, 9.17) is 0 Å². The molecule has 0 nitrogen and oxygen atoms in total. The fraction of sp³-hybridized carbons (Fsp3) is 0.0909. The van der Waals surface area contributed by atoms with Crippen LogP contribution in [0.15, 0.2) is 103 Å². The molecular formula is C33H26. The van der Waals surface area contributed by atoms with E-state index in [0.717, 1.165) is 0 Å². The Kier molecular flexibility index (Phi) is 4.55. The molecule has 0 atom stereocenters. The van der Waals surface area contributed by atoms with Crippen LogP contribution in [0.3, 0.4) is 0 Å². The van der Waals surface area contributed by atoms with Gasteiger partial charge in [-0.1, -0.05) is 109 Å². The van der Waals surface area contributed by atoms with Gasteiger partial charge in [-0.05, 0) is 86.5 Å². The predicted molar refractivity (Wildman–Crippen MR) is 144 cm³/mol. The molecule has 6 rings (SSSR count). The fourth-order valence-corrected chi connectivity index (χ4v) is 5.52. The van der Waals surface area contributed by atoms with Gasteiger partial charge in [-0.3, -0.25) is 0 Å². The Morgan fingerprint density at radius 2 is 0.909 bits per heavy atom. The average molecular weight is 423 g/mol. The number of fused-ring (bicyclic) bond motifs is 3. The highest BCUT2D eigenvalue weighted by Gasteiger charge is 2.16. The first-order valence-electron chi connectivity index (χ1n) is 11.6. The fourth-order valence-electron chi connectivity index (χ4n) is 5.52. The van der Waals surface area contributed by atoms with E-state index in [0.29, 0.717) is 0 Å². The SMILES string of the molecule is Cc1ccc(-c2cccc3c(-c4c5ccccc5c(C)c5ccccc45)cccc23)c(C)c1. The van der Waals surface area contributed by atoms with Crippen molar-refractivity contribution in [3.05, 3.63) is 120 Å². The van der Waals surface area contributed by atoms with Gasteiger partial charge in [0.15, 0.2) is 0 Å². The van der Waals surface area contributed by atoms with E-state index in [2.05, 4.69) is 124 Å². The molecule has 0 saturated heterocycles. The number of aryl methyl sites for hydroxylation is 3. The van der Waals surface area contributed by atoms with Crippen LogP contribution in [0, 0.1) is 20.8 Å². The molecule has 0 heteroatoms. The number of benzene rings is 6. The summed E-state index contributed by atoms with van der Waals surface area (Å²) in [6.45, 7) is 6.62. The van der Waals surface area contributed by atoms with Crippen LogP contribution < -0.4 is 0 Å². The van der Waals surface area contributed by atoms with Crippen LogP contribution in [-0.4, -0.2) is 0 Å². The first kappa shape index (κ1) is 19.8. The lowest BCUT2D eigenvalue weighted by Crippen LogP contribution is -1.92. The lowest BCUT2D eigenvalue weighted by Gasteiger charge is -2.18. The summed E-state index contributed by atoms with van der Waals surface area (Å²) >= 11 is 0. The van der Waals surface area contributed by atoms with Crippen LogP contribution in [0.4, 0.5) is 0 Å². The highest BCUT2D eigenvalue weighted by Crippen LogP contribution is 2.43.